The van der Waals surface area contributed by atoms with E-state index in [4.69, 9.17) is 5.73 Å². The number of nitrogens with two attached hydrogens (primary N) is 1. The number of primary amides is 1. The maximum absolute atomic E-state index is 11.1. The summed E-state index contributed by atoms with van der Waals surface area (Å²) in [5, 5.41) is 7.10. The van der Waals surface area contributed by atoms with Gasteiger partial charge in [0.1, 0.15) is 6.04 Å². The number of likely N-dealkylation sites (N-methyl/N-ethyl adjacent to an activating group) is 1. The first kappa shape index (κ1) is 11.7. The molecule has 5 nitrogen and oxygen atoms in total. The summed E-state index contributed by atoms with van der Waals surface area (Å²) in [5.74, 6) is -0.362. The monoisotopic (exact) mass is 210 g/mol. The van der Waals surface area contributed by atoms with Crippen LogP contribution in [0, 0.1) is 0 Å². The summed E-state index contributed by atoms with van der Waals surface area (Å²) < 4.78 is 1.77. The van der Waals surface area contributed by atoms with E-state index in [1.165, 1.54) is 0 Å². The van der Waals surface area contributed by atoms with Crippen LogP contribution in [0.15, 0.2) is 12.4 Å². The van der Waals surface area contributed by atoms with Gasteiger partial charge in [0, 0.05) is 6.20 Å². The second-order valence-corrected chi connectivity index (χ2v) is 3.59. The lowest BCUT2D eigenvalue weighted by atomic mass is 10.1. The molecule has 3 N–H and O–H groups in total. The zero-order chi connectivity index (χ0) is 11.4. The molecule has 1 rings (SSSR count). The van der Waals surface area contributed by atoms with Crippen LogP contribution in [-0.2, 0) is 11.2 Å². The fourth-order valence-electron chi connectivity index (χ4n) is 1.56. The fraction of sp³-hybridized carbons (Fsp3) is 0.600. The van der Waals surface area contributed by atoms with Crippen molar-refractivity contribution in [3.05, 3.63) is 18.0 Å². The normalized spacial score (nSPS) is 14.9. The average molecular weight is 210 g/mol. The molecule has 2 unspecified atom stereocenters. The van der Waals surface area contributed by atoms with Crippen LogP contribution in [0.3, 0.4) is 0 Å². The Bertz CT molecular complexity index is 334. The van der Waals surface area contributed by atoms with Crippen LogP contribution in [0.5, 0.6) is 0 Å². The topological polar surface area (TPSA) is 72.9 Å². The lowest BCUT2D eigenvalue weighted by molar-refractivity contribution is -0.120. The Hall–Kier alpha value is -1.36. The van der Waals surface area contributed by atoms with Crippen molar-refractivity contribution in [2.24, 2.45) is 5.73 Å². The van der Waals surface area contributed by atoms with Crippen LogP contribution in [0.4, 0.5) is 0 Å². The van der Waals surface area contributed by atoms with E-state index in [0.717, 1.165) is 12.0 Å². The molecule has 0 aliphatic carbocycles. The van der Waals surface area contributed by atoms with Crippen LogP contribution in [0.1, 0.15) is 25.5 Å². The highest BCUT2D eigenvalue weighted by atomic mass is 16.1. The van der Waals surface area contributed by atoms with Gasteiger partial charge in [-0.25, -0.2) is 0 Å². The molecule has 1 aromatic rings. The van der Waals surface area contributed by atoms with Crippen LogP contribution in [0.25, 0.3) is 0 Å². The van der Waals surface area contributed by atoms with Gasteiger partial charge in [-0.1, -0.05) is 6.92 Å². The van der Waals surface area contributed by atoms with E-state index < -0.39 is 6.04 Å². The lowest BCUT2D eigenvalue weighted by Gasteiger charge is -2.20. The number of rotatable bonds is 5. The van der Waals surface area contributed by atoms with E-state index in [1.807, 2.05) is 19.3 Å². The summed E-state index contributed by atoms with van der Waals surface area (Å²) in [6.07, 6.45) is 4.69. The van der Waals surface area contributed by atoms with E-state index in [0.29, 0.717) is 0 Å². The smallest absolute Gasteiger partial charge is 0.236 e. The molecule has 0 aromatic carbocycles. The molecule has 0 saturated heterocycles. The third-order valence-electron chi connectivity index (χ3n) is 2.58. The summed E-state index contributed by atoms with van der Waals surface area (Å²) in [6, 6.07) is -0.470. The molecule has 0 fully saturated rings. The van der Waals surface area contributed by atoms with E-state index in [9.17, 15) is 4.79 Å². The number of nitrogens with zero attached hydrogens (tertiary/aromatic N) is 2. The Morgan fingerprint density at radius 1 is 1.73 bits per heavy atom. The van der Waals surface area contributed by atoms with Crippen LogP contribution in [0.2, 0.25) is 0 Å². The molecule has 2 atom stereocenters. The highest BCUT2D eigenvalue weighted by molar-refractivity contribution is 5.80. The average Bonchev–Trinajstić information content (AvgIpc) is 2.66. The zero-order valence-corrected chi connectivity index (χ0v) is 9.40. The first-order valence-corrected chi connectivity index (χ1v) is 5.09. The van der Waals surface area contributed by atoms with Gasteiger partial charge < -0.3 is 11.1 Å². The number of amides is 1. The van der Waals surface area contributed by atoms with Gasteiger partial charge in [-0.2, -0.15) is 5.10 Å². The van der Waals surface area contributed by atoms with Crippen molar-refractivity contribution >= 4 is 5.91 Å². The summed E-state index contributed by atoms with van der Waals surface area (Å²) in [7, 11) is 1.72. The zero-order valence-electron chi connectivity index (χ0n) is 9.40. The van der Waals surface area contributed by atoms with Gasteiger partial charge in [-0.15, -0.1) is 0 Å². The van der Waals surface area contributed by atoms with E-state index in [2.05, 4.69) is 17.3 Å². The molecule has 1 heterocycles. The maximum Gasteiger partial charge on any atom is 0.236 e. The minimum Gasteiger partial charge on any atom is -0.368 e. The Morgan fingerprint density at radius 3 is 2.80 bits per heavy atom. The minimum absolute atomic E-state index is 0.0761. The van der Waals surface area contributed by atoms with Crippen molar-refractivity contribution < 1.29 is 4.79 Å². The molecule has 84 valence electrons. The summed E-state index contributed by atoms with van der Waals surface area (Å²) in [6.45, 7) is 3.98. The standard InChI is InChI=1S/C10H18N4O/c1-4-8-5-13-14(6-8)7(2)9(12-3)10(11)15/h5-7,9,12H,4H2,1-3H3,(H2,11,15). The predicted molar refractivity (Wildman–Crippen MR) is 58.4 cm³/mol. The molecular weight excluding hydrogens is 192 g/mol. The van der Waals surface area contributed by atoms with Crippen LogP contribution >= 0.6 is 0 Å². The minimum atomic E-state index is -0.394. The van der Waals surface area contributed by atoms with Crippen molar-refractivity contribution in [3.8, 4) is 0 Å². The van der Waals surface area contributed by atoms with Gasteiger partial charge in [0.15, 0.2) is 0 Å². The molecule has 15 heavy (non-hydrogen) atoms. The molecule has 0 aliphatic heterocycles. The number of carbonyl (C=O) groups is 1. The lowest BCUT2D eigenvalue weighted by Crippen LogP contribution is -2.44. The largest absolute Gasteiger partial charge is 0.368 e. The predicted octanol–water partition coefficient (Wildman–Crippen LogP) is 0.0798. The van der Waals surface area contributed by atoms with Gasteiger partial charge in [0.05, 0.1) is 12.2 Å². The van der Waals surface area contributed by atoms with Crippen molar-refractivity contribution in [1.82, 2.24) is 15.1 Å². The Balaban J connectivity index is 2.82. The highest BCUT2D eigenvalue weighted by Gasteiger charge is 2.22. The summed E-state index contributed by atoms with van der Waals surface area (Å²) in [5.41, 5.74) is 6.44. The van der Waals surface area contributed by atoms with E-state index in [1.54, 1.807) is 11.7 Å². The number of aromatic nitrogens is 2. The van der Waals surface area contributed by atoms with Gasteiger partial charge in [0.2, 0.25) is 5.91 Å². The van der Waals surface area contributed by atoms with Gasteiger partial charge >= 0.3 is 0 Å². The highest BCUT2D eigenvalue weighted by Crippen LogP contribution is 2.11. The molecule has 5 heteroatoms. The van der Waals surface area contributed by atoms with E-state index in [-0.39, 0.29) is 11.9 Å². The van der Waals surface area contributed by atoms with E-state index >= 15 is 0 Å². The third kappa shape index (κ3) is 2.56. The van der Waals surface area contributed by atoms with Crippen molar-refractivity contribution in [1.29, 1.82) is 0 Å². The number of hydrogen-bond acceptors (Lipinski definition) is 3. The molecule has 1 aromatic heterocycles. The molecule has 0 radical (unpaired) electrons. The molecule has 0 spiro atoms. The fourth-order valence-corrected chi connectivity index (χ4v) is 1.56. The maximum atomic E-state index is 11.1. The second kappa shape index (κ2) is 4.93. The first-order valence-electron chi connectivity index (χ1n) is 5.09. The van der Waals surface area contributed by atoms with Crippen molar-refractivity contribution in [3.63, 3.8) is 0 Å². The summed E-state index contributed by atoms with van der Waals surface area (Å²) in [4.78, 5) is 11.1. The van der Waals surface area contributed by atoms with Crippen molar-refractivity contribution in [2.75, 3.05) is 7.05 Å². The molecule has 0 aliphatic rings. The van der Waals surface area contributed by atoms with Gasteiger partial charge in [-0.3, -0.25) is 9.48 Å². The number of hydrogen-bond donors (Lipinski definition) is 2. The quantitative estimate of drug-likeness (QED) is 0.723. The first-order chi connectivity index (χ1) is 7.10. The number of carbonyl (C=O) groups excluding carboxylic acids is 1. The molecule has 0 saturated carbocycles. The van der Waals surface area contributed by atoms with Crippen molar-refractivity contribution in [2.45, 2.75) is 32.4 Å². The Morgan fingerprint density at radius 2 is 2.40 bits per heavy atom. The Labute approximate surface area is 89.6 Å². The Kier molecular flexibility index (Phi) is 3.85. The third-order valence-corrected chi connectivity index (χ3v) is 2.58. The van der Waals surface area contributed by atoms with Gasteiger partial charge in [0.25, 0.3) is 0 Å². The molecule has 0 bridgehead atoms. The SMILES string of the molecule is CCc1cnn(C(C)C(NC)C(N)=O)c1. The molecular formula is C10H18N4O. The van der Waals surface area contributed by atoms with Gasteiger partial charge in [-0.05, 0) is 26.0 Å². The summed E-state index contributed by atoms with van der Waals surface area (Å²) >= 11 is 0. The molecule has 1 amide bonds. The number of aryl methyl sites for hydroxylation is 1. The van der Waals surface area contributed by atoms with Crippen LogP contribution in [-0.4, -0.2) is 28.8 Å². The second-order valence-electron chi connectivity index (χ2n) is 3.59. The van der Waals surface area contributed by atoms with Crippen LogP contribution < -0.4 is 11.1 Å². The number of nitrogens with one attached hydrogen (secondary N) is 1.